The van der Waals surface area contributed by atoms with Crippen molar-refractivity contribution in [3.05, 3.63) is 47.5 Å². The largest absolute Gasteiger partial charge is 0.496 e. The Morgan fingerprint density at radius 3 is 2.16 bits per heavy atom. The summed E-state index contributed by atoms with van der Waals surface area (Å²) in [5.74, 6) is 1.44. The molecule has 0 aliphatic carbocycles. The summed E-state index contributed by atoms with van der Waals surface area (Å²) in [7, 11) is 4.48. The zero-order valence-electron chi connectivity index (χ0n) is 13.8. The fourth-order valence-corrected chi connectivity index (χ4v) is 2.10. The number of ether oxygens (including phenoxy) is 3. The Kier molecular flexibility index (Phi) is 5.74. The van der Waals surface area contributed by atoms with Crippen LogP contribution in [-0.4, -0.2) is 27.5 Å². The molecule has 0 amide bonds. The second-order valence-corrected chi connectivity index (χ2v) is 4.90. The zero-order chi connectivity index (χ0) is 18.4. The Hall–Kier alpha value is -2.90. The minimum absolute atomic E-state index is 0.213. The van der Waals surface area contributed by atoms with Gasteiger partial charge in [-0.3, -0.25) is 5.43 Å². The second kappa shape index (κ2) is 7.78. The molecule has 2 aromatic carbocycles. The molecular formula is C17H17F3N2O3. The van der Waals surface area contributed by atoms with Gasteiger partial charge in [0, 0.05) is 11.6 Å². The molecule has 0 aliphatic heterocycles. The maximum absolute atomic E-state index is 12.7. The molecule has 0 atom stereocenters. The summed E-state index contributed by atoms with van der Waals surface area (Å²) in [6, 6.07) is 8.03. The van der Waals surface area contributed by atoms with Crippen LogP contribution >= 0.6 is 0 Å². The van der Waals surface area contributed by atoms with E-state index >= 15 is 0 Å². The number of alkyl halides is 3. The Morgan fingerprint density at radius 2 is 1.56 bits per heavy atom. The van der Waals surface area contributed by atoms with E-state index in [1.165, 1.54) is 39.7 Å². The van der Waals surface area contributed by atoms with Crippen molar-refractivity contribution in [2.75, 3.05) is 26.8 Å². The number of anilines is 1. The van der Waals surface area contributed by atoms with Crippen molar-refractivity contribution in [1.29, 1.82) is 0 Å². The summed E-state index contributed by atoms with van der Waals surface area (Å²) in [6.07, 6.45) is -2.99. The van der Waals surface area contributed by atoms with Crippen LogP contribution in [0.2, 0.25) is 0 Å². The first-order chi connectivity index (χ1) is 11.9. The van der Waals surface area contributed by atoms with Gasteiger partial charge in [-0.1, -0.05) is 6.07 Å². The van der Waals surface area contributed by atoms with E-state index in [0.717, 1.165) is 12.1 Å². The fraction of sp³-hybridized carbons (Fsp3) is 0.235. The quantitative estimate of drug-likeness (QED) is 0.625. The molecule has 0 saturated heterocycles. The summed E-state index contributed by atoms with van der Waals surface area (Å²) in [5, 5.41) is 3.96. The Morgan fingerprint density at radius 1 is 0.920 bits per heavy atom. The number of benzene rings is 2. The van der Waals surface area contributed by atoms with Crippen LogP contribution in [0.5, 0.6) is 17.2 Å². The molecule has 0 spiro atoms. The fourth-order valence-electron chi connectivity index (χ4n) is 2.10. The van der Waals surface area contributed by atoms with Crippen molar-refractivity contribution >= 4 is 11.9 Å². The summed E-state index contributed by atoms with van der Waals surface area (Å²) in [6.45, 7) is 0. The predicted molar refractivity (Wildman–Crippen MR) is 88.8 cm³/mol. The Bertz CT molecular complexity index is 761. The molecule has 5 nitrogen and oxygen atoms in total. The lowest BCUT2D eigenvalue weighted by Gasteiger charge is -2.12. The average molecular weight is 354 g/mol. The van der Waals surface area contributed by atoms with Gasteiger partial charge in [-0.15, -0.1) is 0 Å². The first-order valence-electron chi connectivity index (χ1n) is 7.15. The topological polar surface area (TPSA) is 52.1 Å². The van der Waals surface area contributed by atoms with Gasteiger partial charge < -0.3 is 14.2 Å². The van der Waals surface area contributed by atoms with Crippen molar-refractivity contribution < 1.29 is 27.4 Å². The van der Waals surface area contributed by atoms with Gasteiger partial charge in [0.05, 0.1) is 38.8 Å². The number of halogens is 3. The van der Waals surface area contributed by atoms with Crippen molar-refractivity contribution in [1.82, 2.24) is 0 Å². The third-order valence-corrected chi connectivity index (χ3v) is 3.32. The number of hydrazone groups is 1. The molecule has 0 aliphatic rings. The molecule has 0 bridgehead atoms. The van der Waals surface area contributed by atoms with E-state index in [4.69, 9.17) is 14.2 Å². The molecule has 0 unspecified atom stereocenters. The van der Waals surface area contributed by atoms with Gasteiger partial charge in [0.1, 0.15) is 5.75 Å². The van der Waals surface area contributed by atoms with Gasteiger partial charge in [-0.25, -0.2) is 0 Å². The van der Waals surface area contributed by atoms with Crippen molar-refractivity contribution in [3.8, 4) is 17.2 Å². The third kappa shape index (κ3) is 4.56. The molecule has 0 radical (unpaired) electrons. The summed E-state index contributed by atoms with van der Waals surface area (Å²) in [5.41, 5.74) is 2.59. The highest BCUT2D eigenvalue weighted by Crippen LogP contribution is 2.34. The molecule has 134 valence electrons. The van der Waals surface area contributed by atoms with Crippen LogP contribution in [0.3, 0.4) is 0 Å². The van der Waals surface area contributed by atoms with Crippen LogP contribution in [0, 0.1) is 0 Å². The monoisotopic (exact) mass is 354 g/mol. The maximum Gasteiger partial charge on any atom is 0.416 e. The SMILES string of the molecule is COc1cc(OC)c(OC)cc1C=NNc1cccc(C(F)(F)F)c1. The van der Waals surface area contributed by atoms with Crippen molar-refractivity contribution in [2.45, 2.75) is 6.18 Å². The molecule has 25 heavy (non-hydrogen) atoms. The predicted octanol–water partition coefficient (Wildman–Crippen LogP) is 4.18. The average Bonchev–Trinajstić information content (AvgIpc) is 2.60. The number of rotatable bonds is 6. The molecule has 1 N–H and O–H groups in total. The Balaban J connectivity index is 2.22. The van der Waals surface area contributed by atoms with Gasteiger partial charge >= 0.3 is 6.18 Å². The molecule has 2 aromatic rings. The standard InChI is InChI=1S/C17H17F3N2O3/c1-23-14-9-16(25-3)15(24-2)7-11(14)10-21-22-13-6-4-5-12(8-13)17(18,19)20/h4-10,22H,1-3H3. The minimum Gasteiger partial charge on any atom is -0.496 e. The van der Waals surface area contributed by atoms with E-state index in [1.54, 1.807) is 12.1 Å². The van der Waals surface area contributed by atoms with E-state index in [1.807, 2.05) is 0 Å². The number of hydrogen-bond donors (Lipinski definition) is 1. The molecular weight excluding hydrogens is 337 g/mol. The van der Waals surface area contributed by atoms with Gasteiger partial charge in [-0.2, -0.15) is 18.3 Å². The lowest BCUT2D eigenvalue weighted by Crippen LogP contribution is -2.05. The molecule has 0 aromatic heterocycles. The van der Waals surface area contributed by atoms with Crippen LogP contribution in [0.4, 0.5) is 18.9 Å². The summed E-state index contributed by atoms with van der Waals surface area (Å²) >= 11 is 0. The normalized spacial score (nSPS) is 11.4. The number of hydrogen-bond acceptors (Lipinski definition) is 5. The van der Waals surface area contributed by atoms with E-state index in [0.29, 0.717) is 22.8 Å². The molecule has 0 heterocycles. The van der Waals surface area contributed by atoms with Gasteiger partial charge in [0.15, 0.2) is 11.5 Å². The van der Waals surface area contributed by atoms with Crippen LogP contribution in [-0.2, 0) is 6.18 Å². The van der Waals surface area contributed by atoms with Gasteiger partial charge in [0.2, 0.25) is 0 Å². The van der Waals surface area contributed by atoms with E-state index in [2.05, 4.69) is 10.5 Å². The van der Waals surface area contributed by atoms with E-state index in [9.17, 15) is 13.2 Å². The minimum atomic E-state index is -4.41. The molecule has 0 saturated carbocycles. The highest BCUT2D eigenvalue weighted by molar-refractivity contribution is 5.85. The maximum atomic E-state index is 12.7. The van der Waals surface area contributed by atoms with E-state index in [-0.39, 0.29) is 5.69 Å². The molecule has 8 heteroatoms. The Labute approximate surface area is 143 Å². The second-order valence-electron chi connectivity index (χ2n) is 4.90. The molecule has 0 fully saturated rings. The first-order valence-corrected chi connectivity index (χ1v) is 7.15. The third-order valence-electron chi connectivity index (χ3n) is 3.32. The molecule has 2 rings (SSSR count). The van der Waals surface area contributed by atoms with Crippen LogP contribution < -0.4 is 19.6 Å². The van der Waals surface area contributed by atoms with Gasteiger partial charge in [-0.05, 0) is 24.3 Å². The lowest BCUT2D eigenvalue weighted by atomic mass is 10.2. The summed E-state index contributed by atoms with van der Waals surface area (Å²) in [4.78, 5) is 0. The number of nitrogens with one attached hydrogen (secondary N) is 1. The number of nitrogens with zero attached hydrogens (tertiary/aromatic N) is 1. The van der Waals surface area contributed by atoms with Crippen LogP contribution in [0.25, 0.3) is 0 Å². The van der Waals surface area contributed by atoms with Gasteiger partial charge in [0.25, 0.3) is 0 Å². The van der Waals surface area contributed by atoms with Crippen LogP contribution in [0.15, 0.2) is 41.5 Å². The number of methoxy groups -OCH3 is 3. The van der Waals surface area contributed by atoms with Crippen LogP contribution in [0.1, 0.15) is 11.1 Å². The van der Waals surface area contributed by atoms with Crippen molar-refractivity contribution in [2.24, 2.45) is 5.10 Å². The smallest absolute Gasteiger partial charge is 0.416 e. The highest BCUT2D eigenvalue weighted by Gasteiger charge is 2.30. The zero-order valence-corrected chi connectivity index (χ0v) is 13.8. The van der Waals surface area contributed by atoms with E-state index < -0.39 is 11.7 Å². The highest BCUT2D eigenvalue weighted by atomic mass is 19.4. The summed E-state index contributed by atoms with van der Waals surface area (Å²) < 4.78 is 53.7. The lowest BCUT2D eigenvalue weighted by molar-refractivity contribution is -0.137. The first kappa shape index (κ1) is 18.4. The van der Waals surface area contributed by atoms with Crippen molar-refractivity contribution in [3.63, 3.8) is 0 Å².